The third-order valence-corrected chi connectivity index (χ3v) is 3.34. The van der Waals surface area contributed by atoms with E-state index in [-0.39, 0.29) is 5.69 Å². The minimum Gasteiger partial charge on any atom is -0.380 e. The zero-order chi connectivity index (χ0) is 13.8. The number of nitro benzene ring substituents is 1. The molecule has 2 rings (SSSR count). The van der Waals surface area contributed by atoms with Gasteiger partial charge in [0.1, 0.15) is 0 Å². The molecule has 7 nitrogen and oxygen atoms in total. The van der Waals surface area contributed by atoms with Gasteiger partial charge in [0.2, 0.25) is 0 Å². The monoisotopic (exact) mass is 279 g/mol. The van der Waals surface area contributed by atoms with E-state index in [9.17, 15) is 10.1 Å². The van der Waals surface area contributed by atoms with E-state index in [1.165, 1.54) is 12.1 Å². The predicted molar refractivity (Wildman–Crippen MR) is 75.1 cm³/mol. The quantitative estimate of drug-likeness (QED) is 0.440. The van der Waals surface area contributed by atoms with E-state index >= 15 is 0 Å². The van der Waals surface area contributed by atoms with Crippen LogP contribution in [0.3, 0.4) is 0 Å². The molecule has 0 amide bonds. The van der Waals surface area contributed by atoms with Gasteiger partial charge in [-0.05, 0) is 13.0 Å². The molecule has 2 aromatic rings. The molecule has 100 valence electrons. The third kappa shape index (κ3) is 3.39. The third-order valence-electron chi connectivity index (χ3n) is 2.43. The molecule has 0 unspecified atom stereocenters. The second-order valence-electron chi connectivity index (χ2n) is 3.87. The molecule has 4 N–H and O–H groups in total. The molecule has 1 aromatic heterocycles. The van der Waals surface area contributed by atoms with Crippen LogP contribution in [0.15, 0.2) is 24.4 Å². The van der Waals surface area contributed by atoms with Crippen molar-refractivity contribution in [1.82, 2.24) is 4.98 Å². The number of aryl methyl sites for hydroxylation is 1. The Labute approximate surface area is 113 Å². The molecule has 0 fully saturated rings. The van der Waals surface area contributed by atoms with Crippen molar-refractivity contribution in [3.05, 3.63) is 44.4 Å². The van der Waals surface area contributed by atoms with Crippen LogP contribution < -0.4 is 16.6 Å². The van der Waals surface area contributed by atoms with E-state index in [0.717, 1.165) is 9.88 Å². The number of anilines is 2. The van der Waals surface area contributed by atoms with E-state index in [4.69, 9.17) is 5.84 Å². The Bertz CT molecular complexity index is 599. The lowest BCUT2D eigenvalue weighted by atomic mass is 10.2. The van der Waals surface area contributed by atoms with Crippen molar-refractivity contribution in [1.29, 1.82) is 0 Å². The van der Waals surface area contributed by atoms with Crippen molar-refractivity contribution >= 4 is 28.4 Å². The second kappa shape index (κ2) is 5.63. The maximum absolute atomic E-state index is 10.8. The van der Waals surface area contributed by atoms with Crippen LogP contribution in [0.25, 0.3) is 0 Å². The highest BCUT2D eigenvalue weighted by Gasteiger charge is 2.09. The molecule has 0 saturated carbocycles. The number of rotatable bonds is 5. The molecule has 8 heteroatoms. The summed E-state index contributed by atoms with van der Waals surface area (Å²) in [5.41, 5.74) is 3.51. The summed E-state index contributed by atoms with van der Waals surface area (Å²) in [6, 6.07) is 4.55. The molecule has 0 saturated heterocycles. The Kier molecular flexibility index (Phi) is 3.93. The number of nitrogens with two attached hydrogens (primary N) is 1. The first-order chi connectivity index (χ1) is 9.08. The lowest BCUT2D eigenvalue weighted by Gasteiger charge is -2.07. The van der Waals surface area contributed by atoms with E-state index in [0.29, 0.717) is 17.9 Å². The van der Waals surface area contributed by atoms with Gasteiger partial charge in [-0.25, -0.2) is 4.98 Å². The lowest BCUT2D eigenvalue weighted by molar-refractivity contribution is -0.384. The Balaban J connectivity index is 2.15. The van der Waals surface area contributed by atoms with Crippen molar-refractivity contribution < 1.29 is 4.92 Å². The fourth-order valence-corrected chi connectivity index (χ4v) is 2.31. The van der Waals surface area contributed by atoms with Crippen LogP contribution in [0, 0.1) is 17.0 Å². The Morgan fingerprint density at radius 1 is 1.42 bits per heavy atom. The van der Waals surface area contributed by atoms with E-state index in [1.807, 2.05) is 6.92 Å². The fourth-order valence-electron chi connectivity index (χ4n) is 1.58. The molecule has 0 radical (unpaired) electrons. The first-order valence-corrected chi connectivity index (χ1v) is 6.31. The van der Waals surface area contributed by atoms with Crippen LogP contribution in [-0.2, 0) is 6.54 Å². The highest BCUT2D eigenvalue weighted by Crippen LogP contribution is 2.24. The summed E-state index contributed by atoms with van der Waals surface area (Å²) in [5, 5.41) is 14.9. The maximum Gasteiger partial charge on any atom is 0.273 e. The van der Waals surface area contributed by atoms with Crippen LogP contribution in [0.5, 0.6) is 0 Å². The smallest absolute Gasteiger partial charge is 0.273 e. The first kappa shape index (κ1) is 13.2. The number of nitro groups is 1. The van der Waals surface area contributed by atoms with Gasteiger partial charge in [0.05, 0.1) is 22.2 Å². The number of hydrogen-bond acceptors (Lipinski definition) is 7. The summed E-state index contributed by atoms with van der Waals surface area (Å²) < 4.78 is 0. The Morgan fingerprint density at radius 2 is 2.16 bits per heavy atom. The number of non-ortho nitro benzene ring substituents is 1. The topological polar surface area (TPSA) is 106 Å². The van der Waals surface area contributed by atoms with Gasteiger partial charge in [-0.1, -0.05) is 0 Å². The number of nitrogen functional groups attached to an aromatic ring is 1. The van der Waals surface area contributed by atoms with Crippen LogP contribution in [0.2, 0.25) is 0 Å². The van der Waals surface area contributed by atoms with Gasteiger partial charge in [0, 0.05) is 28.9 Å². The first-order valence-electron chi connectivity index (χ1n) is 5.50. The SMILES string of the molecule is Cc1ncc(CNc2cc(NN)cc([N+](=O)[O-])c2)s1. The van der Waals surface area contributed by atoms with Gasteiger partial charge >= 0.3 is 0 Å². The fraction of sp³-hybridized carbons (Fsp3) is 0.182. The zero-order valence-corrected chi connectivity index (χ0v) is 11.0. The van der Waals surface area contributed by atoms with E-state index < -0.39 is 4.92 Å². The molecule has 1 aromatic carbocycles. The van der Waals surface area contributed by atoms with Crippen LogP contribution in [-0.4, -0.2) is 9.91 Å². The summed E-state index contributed by atoms with van der Waals surface area (Å²) in [7, 11) is 0. The standard InChI is InChI=1S/C11H13N5O2S/c1-7-13-5-11(19-7)6-14-8-2-9(15-12)4-10(3-8)16(17)18/h2-5,14-15H,6,12H2,1H3. The number of thiazole rings is 1. The number of aromatic nitrogens is 1. The van der Waals surface area contributed by atoms with Crippen molar-refractivity contribution in [3.8, 4) is 0 Å². The molecule has 1 heterocycles. The van der Waals surface area contributed by atoms with Crippen molar-refractivity contribution in [3.63, 3.8) is 0 Å². The molecular weight excluding hydrogens is 266 g/mol. The summed E-state index contributed by atoms with van der Waals surface area (Å²) in [6.45, 7) is 2.49. The number of nitrogens with one attached hydrogen (secondary N) is 2. The van der Waals surface area contributed by atoms with Crippen LogP contribution in [0.1, 0.15) is 9.88 Å². The number of hydrazine groups is 1. The Morgan fingerprint density at radius 3 is 2.74 bits per heavy atom. The lowest BCUT2D eigenvalue weighted by Crippen LogP contribution is -2.08. The molecule has 0 aliphatic rings. The van der Waals surface area contributed by atoms with E-state index in [2.05, 4.69) is 15.7 Å². The molecule has 19 heavy (non-hydrogen) atoms. The summed E-state index contributed by atoms with van der Waals surface area (Å²) in [5.74, 6) is 5.29. The highest BCUT2D eigenvalue weighted by atomic mass is 32.1. The summed E-state index contributed by atoms with van der Waals surface area (Å²) in [4.78, 5) is 15.6. The normalized spacial score (nSPS) is 10.2. The summed E-state index contributed by atoms with van der Waals surface area (Å²) in [6.07, 6.45) is 1.78. The summed E-state index contributed by atoms with van der Waals surface area (Å²) >= 11 is 1.58. The minimum absolute atomic E-state index is 0.0153. The molecule has 0 bridgehead atoms. The second-order valence-corrected chi connectivity index (χ2v) is 5.19. The van der Waals surface area contributed by atoms with Crippen LogP contribution in [0.4, 0.5) is 17.1 Å². The van der Waals surface area contributed by atoms with E-state index in [1.54, 1.807) is 23.6 Å². The molecule has 0 aliphatic heterocycles. The molecule has 0 spiro atoms. The number of nitrogens with zero attached hydrogens (tertiary/aromatic N) is 2. The molecule has 0 atom stereocenters. The highest BCUT2D eigenvalue weighted by molar-refractivity contribution is 7.11. The number of hydrogen-bond donors (Lipinski definition) is 3. The van der Waals surface area contributed by atoms with Gasteiger partial charge < -0.3 is 10.7 Å². The van der Waals surface area contributed by atoms with Gasteiger partial charge in [-0.3, -0.25) is 16.0 Å². The van der Waals surface area contributed by atoms with Crippen molar-refractivity contribution in [2.75, 3.05) is 10.7 Å². The van der Waals surface area contributed by atoms with Gasteiger partial charge in [-0.15, -0.1) is 11.3 Å². The minimum atomic E-state index is -0.455. The number of benzene rings is 1. The van der Waals surface area contributed by atoms with Gasteiger partial charge in [0.25, 0.3) is 5.69 Å². The van der Waals surface area contributed by atoms with Crippen molar-refractivity contribution in [2.45, 2.75) is 13.5 Å². The van der Waals surface area contributed by atoms with Gasteiger partial charge in [-0.2, -0.15) is 0 Å². The van der Waals surface area contributed by atoms with Crippen molar-refractivity contribution in [2.24, 2.45) is 5.84 Å². The molecule has 0 aliphatic carbocycles. The predicted octanol–water partition coefficient (Wildman–Crippen LogP) is 2.26. The maximum atomic E-state index is 10.8. The molecular formula is C11H13N5O2S. The average molecular weight is 279 g/mol. The average Bonchev–Trinajstić information content (AvgIpc) is 2.81. The Hall–Kier alpha value is -2.19. The zero-order valence-electron chi connectivity index (χ0n) is 10.2. The van der Waals surface area contributed by atoms with Gasteiger partial charge in [0.15, 0.2) is 0 Å². The van der Waals surface area contributed by atoms with Crippen LogP contribution >= 0.6 is 11.3 Å². The largest absolute Gasteiger partial charge is 0.380 e.